The molecule has 0 saturated carbocycles. The molecule has 0 amide bonds. The van der Waals surface area contributed by atoms with Crippen LogP contribution < -0.4 is 0 Å². The molecule has 0 spiro atoms. The Bertz CT molecular complexity index is 415. The van der Waals surface area contributed by atoms with Gasteiger partial charge in [-0.1, -0.05) is 0 Å². The number of fused-ring (bicyclic) bond motifs is 1. The van der Waals surface area contributed by atoms with Crippen molar-refractivity contribution in [3.05, 3.63) is 30.1 Å². The highest BCUT2D eigenvalue weighted by atomic mass is 16.4. The summed E-state index contributed by atoms with van der Waals surface area (Å²) in [4.78, 5) is 17.5. The smallest absolute Gasteiger partial charge is 0.309 e. The van der Waals surface area contributed by atoms with Crippen LogP contribution in [0.5, 0.6) is 0 Å². The highest BCUT2D eigenvalue weighted by molar-refractivity contribution is 5.78. The average Bonchev–Trinajstić information content (AvgIpc) is 2.44. The standard InChI is InChI=1S/C9H8N2O2/c12-9(13)5-6-4-8-7(11-6)2-1-3-10-8/h1-4,11H,5H2,(H,12,13). The fourth-order valence-electron chi connectivity index (χ4n) is 1.27. The van der Waals surface area contributed by atoms with E-state index in [-0.39, 0.29) is 6.42 Å². The Balaban J connectivity index is 2.44. The number of carbonyl (C=O) groups is 1. The van der Waals surface area contributed by atoms with Gasteiger partial charge < -0.3 is 10.1 Å². The third-order valence-corrected chi connectivity index (χ3v) is 1.79. The summed E-state index contributed by atoms with van der Waals surface area (Å²) in [5.41, 5.74) is 2.36. The summed E-state index contributed by atoms with van der Waals surface area (Å²) >= 11 is 0. The SMILES string of the molecule is O=C(O)Cc1cc2ncccc2[nH]1. The zero-order valence-corrected chi connectivity index (χ0v) is 6.82. The first kappa shape index (κ1) is 7.79. The number of H-pyrrole nitrogens is 1. The molecular weight excluding hydrogens is 168 g/mol. The van der Waals surface area contributed by atoms with Crippen molar-refractivity contribution in [2.24, 2.45) is 0 Å². The van der Waals surface area contributed by atoms with Crippen molar-refractivity contribution in [1.29, 1.82) is 0 Å². The third-order valence-electron chi connectivity index (χ3n) is 1.79. The van der Waals surface area contributed by atoms with E-state index in [1.54, 1.807) is 12.3 Å². The minimum absolute atomic E-state index is 0.0103. The van der Waals surface area contributed by atoms with E-state index in [1.165, 1.54) is 0 Å². The Kier molecular flexibility index (Phi) is 1.73. The van der Waals surface area contributed by atoms with Gasteiger partial charge in [-0.25, -0.2) is 0 Å². The first-order chi connectivity index (χ1) is 6.25. The van der Waals surface area contributed by atoms with Crippen molar-refractivity contribution in [3.8, 4) is 0 Å². The molecule has 66 valence electrons. The zero-order valence-electron chi connectivity index (χ0n) is 6.82. The lowest BCUT2D eigenvalue weighted by Gasteiger charge is -1.87. The quantitative estimate of drug-likeness (QED) is 0.722. The summed E-state index contributed by atoms with van der Waals surface area (Å²) in [5, 5.41) is 8.55. The molecule has 0 unspecified atom stereocenters. The van der Waals surface area contributed by atoms with E-state index in [2.05, 4.69) is 9.97 Å². The molecule has 2 aromatic rings. The molecule has 0 aliphatic carbocycles. The van der Waals surface area contributed by atoms with Crippen LogP contribution in [-0.2, 0) is 11.2 Å². The Morgan fingerprint density at radius 1 is 1.62 bits per heavy atom. The van der Waals surface area contributed by atoms with Gasteiger partial charge in [0.05, 0.1) is 17.5 Å². The number of hydrogen-bond donors (Lipinski definition) is 2. The molecule has 0 aliphatic rings. The van der Waals surface area contributed by atoms with Crippen molar-refractivity contribution in [3.63, 3.8) is 0 Å². The molecule has 0 aliphatic heterocycles. The number of pyridine rings is 1. The van der Waals surface area contributed by atoms with Crippen LogP contribution in [-0.4, -0.2) is 21.0 Å². The van der Waals surface area contributed by atoms with Gasteiger partial charge in [-0.15, -0.1) is 0 Å². The number of aliphatic carboxylic acids is 1. The number of hydrogen-bond acceptors (Lipinski definition) is 2. The zero-order chi connectivity index (χ0) is 9.26. The van der Waals surface area contributed by atoms with Crippen molar-refractivity contribution >= 4 is 17.0 Å². The normalized spacial score (nSPS) is 10.5. The molecule has 4 heteroatoms. The number of nitrogens with one attached hydrogen (secondary N) is 1. The predicted octanol–water partition coefficient (Wildman–Crippen LogP) is 1.19. The van der Waals surface area contributed by atoms with E-state index in [1.807, 2.05) is 12.1 Å². The summed E-state index contributed by atoms with van der Waals surface area (Å²) in [6.45, 7) is 0. The monoisotopic (exact) mass is 176 g/mol. The van der Waals surface area contributed by atoms with Gasteiger partial charge in [0.15, 0.2) is 0 Å². The highest BCUT2D eigenvalue weighted by Gasteiger charge is 2.04. The van der Waals surface area contributed by atoms with Crippen LogP contribution in [0, 0.1) is 0 Å². The van der Waals surface area contributed by atoms with E-state index < -0.39 is 5.97 Å². The molecule has 2 aromatic heterocycles. The van der Waals surface area contributed by atoms with Crippen LogP contribution >= 0.6 is 0 Å². The van der Waals surface area contributed by atoms with Crippen molar-refractivity contribution in [2.75, 3.05) is 0 Å². The molecule has 0 saturated heterocycles. The maximum absolute atomic E-state index is 10.4. The van der Waals surface area contributed by atoms with E-state index >= 15 is 0 Å². The second-order valence-corrected chi connectivity index (χ2v) is 2.80. The molecule has 4 nitrogen and oxygen atoms in total. The van der Waals surface area contributed by atoms with Crippen LogP contribution in [0.1, 0.15) is 5.69 Å². The molecule has 2 N–H and O–H groups in total. The molecule has 2 rings (SSSR count). The molecular formula is C9H8N2O2. The molecule has 13 heavy (non-hydrogen) atoms. The molecule has 0 fully saturated rings. The average molecular weight is 176 g/mol. The number of aromatic amines is 1. The van der Waals surface area contributed by atoms with Gasteiger partial charge in [-0.2, -0.15) is 0 Å². The maximum Gasteiger partial charge on any atom is 0.309 e. The first-order valence-corrected chi connectivity index (χ1v) is 3.90. The van der Waals surface area contributed by atoms with Crippen molar-refractivity contribution in [2.45, 2.75) is 6.42 Å². The van der Waals surface area contributed by atoms with E-state index in [9.17, 15) is 4.79 Å². The second-order valence-electron chi connectivity index (χ2n) is 2.80. The largest absolute Gasteiger partial charge is 0.481 e. The molecule has 2 heterocycles. The topological polar surface area (TPSA) is 66.0 Å². The minimum Gasteiger partial charge on any atom is -0.481 e. The van der Waals surface area contributed by atoms with Crippen LogP contribution in [0.25, 0.3) is 11.0 Å². The lowest BCUT2D eigenvalue weighted by atomic mass is 10.3. The van der Waals surface area contributed by atoms with Crippen molar-refractivity contribution < 1.29 is 9.90 Å². The van der Waals surface area contributed by atoms with Crippen LogP contribution in [0.2, 0.25) is 0 Å². The Labute approximate surface area is 74.2 Å². The Morgan fingerprint density at radius 2 is 2.46 bits per heavy atom. The molecule has 0 radical (unpaired) electrons. The van der Waals surface area contributed by atoms with Gasteiger partial charge in [0, 0.05) is 11.9 Å². The van der Waals surface area contributed by atoms with Crippen molar-refractivity contribution in [1.82, 2.24) is 9.97 Å². The van der Waals surface area contributed by atoms with Gasteiger partial charge in [0.2, 0.25) is 0 Å². The van der Waals surface area contributed by atoms with Gasteiger partial charge in [-0.3, -0.25) is 9.78 Å². The summed E-state index contributed by atoms with van der Waals surface area (Å²) in [5.74, 6) is -0.841. The fraction of sp³-hybridized carbons (Fsp3) is 0.111. The summed E-state index contributed by atoms with van der Waals surface area (Å²) in [7, 11) is 0. The van der Waals surface area contributed by atoms with Crippen LogP contribution in [0.3, 0.4) is 0 Å². The van der Waals surface area contributed by atoms with Gasteiger partial charge in [-0.05, 0) is 18.2 Å². The van der Waals surface area contributed by atoms with Crippen LogP contribution in [0.15, 0.2) is 24.4 Å². The lowest BCUT2D eigenvalue weighted by Crippen LogP contribution is -1.99. The van der Waals surface area contributed by atoms with Gasteiger partial charge >= 0.3 is 5.97 Å². The van der Waals surface area contributed by atoms with Gasteiger partial charge in [0.1, 0.15) is 0 Å². The third kappa shape index (κ3) is 1.51. The number of nitrogens with zero attached hydrogens (tertiary/aromatic N) is 1. The summed E-state index contributed by atoms with van der Waals surface area (Å²) < 4.78 is 0. The number of aromatic nitrogens is 2. The van der Waals surface area contributed by atoms with E-state index in [4.69, 9.17) is 5.11 Å². The fourth-order valence-corrected chi connectivity index (χ4v) is 1.27. The Morgan fingerprint density at radius 3 is 3.15 bits per heavy atom. The summed E-state index contributed by atoms with van der Waals surface area (Å²) in [6, 6.07) is 5.43. The maximum atomic E-state index is 10.4. The lowest BCUT2D eigenvalue weighted by molar-refractivity contribution is -0.136. The predicted molar refractivity (Wildman–Crippen MR) is 47.4 cm³/mol. The minimum atomic E-state index is -0.841. The van der Waals surface area contributed by atoms with Crippen LogP contribution in [0.4, 0.5) is 0 Å². The van der Waals surface area contributed by atoms with Gasteiger partial charge in [0.25, 0.3) is 0 Å². The first-order valence-electron chi connectivity index (χ1n) is 3.90. The molecule has 0 atom stereocenters. The number of rotatable bonds is 2. The number of carboxylic acids is 1. The molecule has 0 aromatic carbocycles. The van der Waals surface area contributed by atoms with E-state index in [0.717, 1.165) is 11.0 Å². The summed E-state index contributed by atoms with van der Waals surface area (Å²) in [6.07, 6.45) is 1.69. The van der Waals surface area contributed by atoms with E-state index in [0.29, 0.717) is 5.69 Å². The highest BCUT2D eigenvalue weighted by Crippen LogP contribution is 2.11. The second kappa shape index (κ2) is 2.90. The number of carboxylic acid groups (broad SMARTS) is 1. The Hall–Kier alpha value is -1.84. The molecule has 0 bridgehead atoms.